The lowest BCUT2D eigenvalue weighted by Gasteiger charge is -2.31. The number of halogens is 2. The molecule has 0 bridgehead atoms. The van der Waals surface area contributed by atoms with E-state index in [1.165, 1.54) is 9.21 Å². The molecule has 0 saturated carbocycles. The van der Waals surface area contributed by atoms with Crippen molar-refractivity contribution < 1.29 is 18.0 Å². The van der Waals surface area contributed by atoms with Crippen LogP contribution in [0.4, 0.5) is 5.69 Å². The third kappa shape index (κ3) is 8.11. The van der Waals surface area contributed by atoms with Crippen LogP contribution in [0, 0.1) is 6.92 Å². The van der Waals surface area contributed by atoms with Gasteiger partial charge in [0.05, 0.1) is 11.9 Å². The number of carbonyl (C=O) groups excluding carboxylic acids is 2. The summed E-state index contributed by atoms with van der Waals surface area (Å²) >= 11 is 12.7. The molecule has 0 aliphatic rings. The summed E-state index contributed by atoms with van der Waals surface area (Å²) in [4.78, 5) is 27.9. The fraction of sp³-hybridized carbons (Fsp3) is 0.462. The van der Waals surface area contributed by atoms with Crippen LogP contribution in [-0.2, 0) is 26.2 Å². The highest BCUT2D eigenvalue weighted by molar-refractivity contribution is 7.92. The molecule has 0 unspecified atom stereocenters. The number of nitrogens with one attached hydrogen (secondary N) is 1. The van der Waals surface area contributed by atoms with E-state index >= 15 is 0 Å². The first-order valence-corrected chi connectivity index (χ1v) is 14.6. The molecule has 7 nitrogen and oxygen atoms in total. The monoisotopic (exact) mass is 555 g/mol. The molecule has 10 heteroatoms. The molecule has 0 spiro atoms. The van der Waals surface area contributed by atoms with Gasteiger partial charge in [0.2, 0.25) is 21.8 Å². The van der Waals surface area contributed by atoms with Crippen molar-refractivity contribution in [2.24, 2.45) is 0 Å². The summed E-state index contributed by atoms with van der Waals surface area (Å²) in [7, 11) is -3.55. The number of anilines is 1. The standard InChI is InChI=1S/C26H35Cl2N3O4S/c1-5-16-29-26(33)23(6-2)30(18-20-21(27)12-9-13-22(20)28)25(32)15-10-17-31(36(4,34)35)24-14-8-7-11-19(24)3/h7-9,11-14,23H,5-6,10,15-18H2,1-4H3,(H,29,33)/t23-/m1/s1. The van der Waals surface area contributed by atoms with Gasteiger partial charge in [-0.15, -0.1) is 0 Å². The van der Waals surface area contributed by atoms with E-state index in [4.69, 9.17) is 23.2 Å². The van der Waals surface area contributed by atoms with Crippen LogP contribution < -0.4 is 9.62 Å². The molecule has 2 amide bonds. The summed E-state index contributed by atoms with van der Waals surface area (Å²) in [5.41, 5.74) is 1.97. The minimum absolute atomic E-state index is 0.0531. The fourth-order valence-corrected chi connectivity index (χ4v) is 5.50. The summed E-state index contributed by atoms with van der Waals surface area (Å²) in [6, 6.07) is 11.6. The Morgan fingerprint density at radius 2 is 1.67 bits per heavy atom. The Morgan fingerprint density at radius 3 is 2.22 bits per heavy atom. The molecule has 0 aliphatic heterocycles. The third-order valence-corrected chi connectivity index (χ3v) is 7.75. The molecule has 1 N–H and O–H groups in total. The van der Waals surface area contributed by atoms with E-state index < -0.39 is 16.1 Å². The topological polar surface area (TPSA) is 86.8 Å². The maximum atomic E-state index is 13.5. The van der Waals surface area contributed by atoms with Crippen LogP contribution in [0.5, 0.6) is 0 Å². The lowest BCUT2D eigenvalue weighted by Crippen LogP contribution is -2.49. The quantitative estimate of drug-likeness (QED) is 0.368. The molecular formula is C26H35Cl2N3O4S. The van der Waals surface area contributed by atoms with Gasteiger partial charge in [-0.1, -0.05) is 61.3 Å². The molecule has 0 aromatic heterocycles. The normalized spacial score (nSPS) is 12.2. The number of para-hydroxylation sites is 1. The second-order valence-corrected chi connectivity index (χ2v) is 11.4. The number of nitrogens with zero attached hydrogens (tertiary/aromatic N) is 2. The first-order valence-electron chi connectivity index (χ1n) is 12.0. The molecule has 0 fully saturated rings. The molecule has 2 aromatic rings. The predicted molar refractivity (Wildman–Crippen MR) is 147 cm³/mol. The van der Waals surface area contributed by atoms with Gasteiger partial charge < -0.3 is 10.2 Å². The number of aryl methyl sites for hydroxylation is 1. The summed E-state index contributed by atoms with van der Waals surface area (Å²) in [6.45, 7) is 6.35. The van der Waals surface area contributed by atoms with Crippen molar-refractivity contribution in [1.29, 1.82) is 0 Å². The Morgan fingerprint density at radius 1 is 1.03 bits per heavy atom. The average molecular weight is 557 g/mol. The molecule has 2 rings (SSSR count). The summed E-state index contributed by atoms with van der Waals surface area (Å²) in [5.74, 6) is -0.517. The van der Waals surface area contributed by atoms with Gasteiger partial charge in [-0.05, 0) is 49.9 Å². The minimum atomic E-state index is -3.55. The highest BCUT2D eigenvalue weighted by Crippen LogP contribution is 2.28. The SMILES string of the molecule is CCCNC(=O)[C@@H](CC)N(Cc1c(Cl)cccc1Cl)C(=O)CCCN(c1ccccc1C)S(C)(=O)=O. The number of benzene rings is 2. The number of sulfonamides is 1. The van der Waals surface area contributed by atoms with Gasteiger partial charge in [0.25, 0.3) is 0 Å². The van der Waals surface area contributed by atoms with Crippen molar-refractivity contribution >= 4 is 50.7 Å². The molecule has 0 saturated heterocycles. The van der Waals surface area contributed by atoms with Crippen LogP contribution in [0.25, 0.3) is 0 Å². The van der Waals surface area contributed by atoms with E-state index in [0.29, 0.717) is 34.3 Å². The van der Waals surface area contributed by atoms with Crippen LogP contribution in [0.2, 0.25) is 10.0 Å². The van der Waals surface area contributed by atoms with E-state index in [2.05, 4.69) is 5.32 Å². The van der Waals surface area contributed by atoms with Crippen LogP contribution >= 0.6 is 23.2 Å². The lowest BCUT2D eigenvalue weighted by molar-refractivity contribution is -0.141. The van der Waals surface area contributed by atoms with Crippen molar-refractivity contribution in [1.82, 2.24) is 10.2 Å². The average Bonchev–Trinajstić information content (AvgIpc) is 2.82. The maximum Gasteiger partial charge on any atom is 0.242 e. The van der Waals surface area contributed by atoms with Gasteiger partial charge in [-0.25, -0.2) is 8.42 Å². The number of carbonyl (C=O) groups is 2. The Labute approximate surface area is 224 Å². The zero-order chi connectivity index (χ0) is 26.9. The molecule has 0 heterocycles. The first kappa shape index (κ1) is 29.9. The molecule has 36 heavy (non-hydrogen) atoms. The minimum Gasteiger partial charge on any atom is -0.354 e. The van der Waals surface area contributed by atoms with E-state index in [9.17, 15) is 18.0 Å². The lowest BCUT2D eigenvalue weighted by atomic mass is 10.1. The largest absolute Gasteiger partial charge is 0.354 e. The van der Waals surface area contributed by atoms with Crippen molar-refractivity contribution in [3.05, 3.63) is 63.6 Å². The van der Waals surface area contributed by atoms with Crippen molar-refractivity contribution in [3.63, 3.8) is 0 Å². The van der Waals surface area contributed by atoms with Crippen molar-refractivity contribution in [3.8, 4) is 0 Å². The Balaban J connectivity index is 2.27. The maximum absolute atomic E-state index is 13.5. The molecule has 1 atom stereocenters. The molecule has 2 aromatic carbocycles. The van der Waals surface area contributed by atoms with Gasteiger partial charge in [0.1, 0.15) is 6.04 Å². The third-order valence-electron chi connectivity index (χ3n) is 5.86. The predicted octanol–water partition coefficient (Wildman–Crippen LogP) is 5.18. The van der Waals surface area contributed by atoms with E-state index in [-0.39, 0.29) is 37.7 Å². The summed E-state index contributed by atoms with van der Waals surface area (Å²) < 4.78 is 26.3. The van der Waals surface area contributed by atoms with Gasteiger partial charge in [-0.2, -0.15) is 0 Å². The molecule has 0 radical (unpaired) electrons. The number of rotatable bonds is 13. The number of hydrogen-bond acceptors (Lipinski definition) is 4. The van der Waals surface area contributed by atoms with Crippen LogP contribution in [0.15, 0.2) is 42.5 Å². The summed E-state index contributed by atoms with van der Waals surface area (Å²) in [6.07, 6.45) is 2.66. The molecule has 0 aliphatic carbocycles. The van der Waals surface area contributed by atoms with Gasteiger partial charge in [0, 0.05) is 41.7 Å². The van der Waals surface area contributed by atoms with E-state index in [1.54, 1.807) is 30.3 Å². The van der Waals surface area contributed by atoms with E-state index in [1.807, 2.05) is 32.9 Å². The highest BCUT2D eigenvalue weighted by atomic mass is 35.5. The molecule has 198 valence electrons. The smallest absolute Gasteiger partial charge is 0.242 e. The zero-order valence-corrected chi connectivity index (χ0v) is 23.6. The van der Waals surface area contributed by atoms with Crippen molar-refractivity contribution in [2.45, 2.75) is 59.0 Å². The Bertz CT molecular complexity index is 1140. The van der Waals surface area contributed by atoms with E-state index in [0.717, 1.165) is 18.2 Å². The van der Waals surface area contributed by atoms with Gasteiger partial charge in [-0.3, -0.25) is 13.9 Å². The van der Waals surface area contributed by atoms with Crippen LogP contribution in [0.1, 0.15) is 50.7 Å². The summed E-state index contributed by atoms with van der Waals surface area (Å²) in [5, 5.41) is 3.69. The van der Waals surface area contributed by atoms with Gasteiger partial charge in [0.15, 0.2) is 0 Å². The van der Waals surface area contributed by atoms with Gasteiger partial charge >= 0.3 is 0 Å². The molecular weight excluding hydrogens is 521 g/mol. The zero-order valence-electron chi connectivity index (χ0n) is 21.3. The van der Waals surface area contributed by atoms with Crippen molar-refractivity contribution in [2.75, 3.05) is 23.7 Å². The second-order valence-electron chi connectivity index (χ2n) is 8.66. The first-order chi connectivity index (χ1) is 17.0. The Kier molecular flexibility index (Phi) is 11.5. The number of amides is 2. The highest BCUT2D eigenvalue weighted by Gasteiger charge is 2.29. The Hall–Kier alpha value is -2.29. The van der Waals surface area contributed by atoms with Crippen LogP contribution in [0.3, 0.4) is 0 Å². The fourth-order valence-electron chi connectivity index (χ4n) is 3.96. The number of hydrogen-bond donors (Lipinski definition) is 1. The second kappa shape index (κ2) is 13.9. The van der Waals surface area contributed by atoms with Crippen LogP contribution in [-0.4, -0.2) is 50.5 Å².